The standard InChI is InChI=1S/C18H17N5OS2/c1-11-7-12(2)23(22-11)18-21-14(9-25-18)5-6-19-17(24)13-3-4-15-16(8-13)26-10-20-15/h3-4,7-10H,5-6H2,1-2H3,(H,19,24). The quantitative estimate of drug-likeness (QED) is 0.572. The highest BCUT2D eigenvalue weighted by Crippen LogP contribution is 2.19. The zero-order valence-corrected chi connectivity index (χ0v) is 16.0. The van der Waals surface area contributed by atoms with Crippen molar-refractivity contribution >= 4 is 38.8 Å². The van der Waals surface area contributed by atoms with Gasteiger partial charge in [-0.05, 0) is 38.1 Å². The Labute approximate surface area is 158 Å². The summed E-state index contributed by atoms with van der Waals surface area (Å²) in [6.45, 7) is 4.53. The number of aryl methyl sites for hydroxylation is 2. The number of rotatable bonds is 5. The number of hydrogen-bond acceptors (Lipinski definition) is 6. The molecule has 4 rings (SSSR count). The largest absolute Gasteiger partial charge is 0.352 e. The van der Waals surface area contributed by atoms with Crippen LogP contribution in [0.5, 0.6) is 0 Å². The van der Waals surface area contributed by atoms with Crippen LogP contribution in [0.25, 0.3) is 15.3 Å². The Morgan fingerprint density at radius 1 is 1.23 bits per heavy atom. The summed E-state index contributed by atoms with van der Waals surface area (Å²) in [5, 5.41) is 10.3. The van der Waals surface area contributed by atoms with Gasteiger partial charge in [-0.3, -0.25) is 4.79 Å². The molecule has 1 amide bonds. The van der Waals surface area contributed by atoms with Gasteiger partial charge in [0.25, 0.3) is 5.91 Å². The van der Waals surface area contributed by atoms with Crippen LogP contribution in [0.4, 0.5) is 0 Å². The van der Waals surface area contributed by atoms with Gasteiger partial charge in [-0.25, -0.2) is 14.6 Å². The first-order valence-corrected chi connectivity index (χ1v) is 9.95. The number of nitrogens with zero attached hydrogens (tertiary/aromatic N) is 4. The molecule has 3 heterocycles. The van der Waals surface area contributed by atoms with Crippen LogP contribution in [-0.2, 0) is 6.42 Å². The highest BCUT2D eigenvalue weighted by molar-refractivity contribution is 7.16. The number of amides is 1. The first-order chi connectivity index (χ1) is 12.6. The monoisotopic (exact) mass is 383 g/mol. The third-order valence-electron chi connectivity index (χ3n) is 3.99. The molecule has 0 aliphatic carbocycles. The van der Waals surface area contributed by atoms with Gasteiger partial charge in [0.2, 0.25) is 5.13 Å². The molecular formula is C18H17N5OS2. The Morgan fingerprint density at radius 3 is 2.92 bits per heavy atom. The van der Waals surface area contributed by atoms with Gasteiger partial charge in [0.15, 0.2) is 0 Å². The number of hydrogen-bond donors (Lipinski definition) is 1. The van der Waals surface area contributed by atoms with Crippen LogP contribution in [0, 0.1) is 13.8 Å². The molecular weight excluding hydrogens is 366 g/mol. The highest BCUT2D eigenvalue weighted by Gasteiger charge is 2.10. The molecule has 6 nitrogen and oxygen atoms in total. The lowest BCUT2D eigenvalue weighted by atomic mass is 10.2. The van der Waals surface area contributed by atoms with Crippen molar-refractivity contribution in [1.82, 2.24) is 25.1 Å². The van der Waals surface area contributed by atoms with E-state index in [2.05, 4.69) is 20.4 Å². The van der Waals surface area contributed by atoms with Crippen LogP contribution >= 0.6 is 22.7 Å². The summed E-state index contributed by atoms with van der Waals surface area (Å²) in [5.74, 6) is -0.0747. The molecule has 0 bridgehead atoms. The summed E-state index contributed by atoms with van der Waals surface area (Å²) in [5.41, 5.74) is 6.36. The van der Waals surface area contributed by atoms with E-state index < -0.39 is 0 Å². The van der Waals surface area contributed by atoms with E-state index in [0.717, 1.165) is 32.4 Å². The summed E-state index contributed by atoms with van der Waals surface area (Å²) in [6, 6.07) is 7.59. The van der Waals surface area contributed by atoms with Crippen LogP contribution in [0.15, 0.2) is 35.2 Å². The highest BCUT2D eigenvalue weighted by atomic mass is 32.1. The van der Waals surface area contributed by atoms with Crippen LogP contribution in [0.2, 0.25) is 0 Å². The van der Waals surface area contributed by atoms with Crippen molar-refractivity contribution in [2.24, 2.45) is 0 Å². The second kappa shape index (κ2) is 6.97. The molecule has 1 N–H and O–H groups in total. The van der Waals surface area contributed by atoms with E-state index >= 15 is 0 Å². The molecule has 26 heavy (non-hydrogen) atoms. The summed E-state index contributed by atoms with van der Waals surface area (Å²) in [7, 11) is 0. The number of thiazole rings is 2. The molecule has 0 unspecified atom stereocenters. The van der Waals surface area contributed by atoms with E-state index in [1.54, 1.807) is 22.9 Å². The van der Waals surface area contributed by atoms with Gasteiger partial charge in [-0.1, -0.05) is 0 Å². The maximum atomic E-state index is 12.3. The summed E-state index contributed by atoms with van der Waals surface area (Å²) >= 11 is 3.09. The number of nitrogens with one attached hydrogen (secondary N) is 1. The second-order valence-corrected chi connectivity index (χ2v) is 7.72. The first-order valence-electron chi connectivity index (χ1n) is 8.19. The average Bonchev–Trinajstić information content (AvgIpc) is 3.33. The van der Waals surface area contributed by atoms with Crippen LogP contribution in [0.1, 0.15) is 27.4 Å². The van der Waals surface area contributed by atoms with Gasteiger partial charge >= 0.3 is 0 Å². The first kappa shape index (κ1) is 16.9. The van der Waals surface area contributed by atoms with Crippen molar-refractivity contribution in [3.05, 3.63) is 57.8 Å². The lowest BCUT2D eigenvalue weighted by Gasteiger charge is -2.04. The maximum Gasteiger partial charge on any atom is 0.251 e. The molecule has 0 fully saturated rings. The molecule has 0 aliphatic heterocycles. The number of carbonyl (C=O) groups is 1. The smallest absolute Gasteiger partial charge is 0.251 e. The average molecular weight is 384 g/mol. The normalized spacial score (nSPS) is 11.2. The molecule has 0 radical (unpaired) electrons. The number of benzene rings is 1. The van der Waals surface area contributed by atoms with Gasteiger partial charge in [-0.2, -0.15) is 5.10 Å². The van der Waals surface area contributed by atoms with Crippen LogP contribution in [0.3, 0.4) is 0 Å². The zero-order valence-electron chi connectivity index (χ0n) is 14.4. The van der Waals surface area contributed by atoms with Crippen molar-refractivity contribution in [1.29, 1.82) is 0 Å². The second-order valence-electron chi connectivity index (χ2n) is 6.00. The fraction of sp³-hybridized carbons (Fsp3) is 0.222. The van der Waals surface area contributed by atoms with Crippen molar-refractivity contribution < 1.29 is 4.79 Å². The fourth-order valence-electron chi connectivity index (χ4n) is 2.73. The summed E-state index contributed by atoms with van der Waals surface area (Å²) in [6.07, 6.45) is 0.685. The van der Waals surface area contributed by atoms with E-state index in [9.17, 15) is 4.79 Å². The van der Waals surface area contributed by atoms with Crippen LogP contribution < -0.4 is 5.32 Å². The number of fused-ring (bicyclic) bond motifs is 1. The molecule has 4 aromatic rings. The third kappa shape index (κ3) is 3.38. The Kier molecular flexibility index (Phi) is 4.52. The molecule has 0 aliphatic rings. The van der Waals surface area contributed by atoms with Gasteiger partial charge in [-0.15, -0.1) is 22.7 Å². The predicted molar refractivity (Wildman–Crippen MR) is 104 cm³/mol. The topological polar surface area (TPSA) is 72.7 Å². The lowest BCUT2D eigenvalue weighted by Crippen LogP contribution is -2.25. The molecule has 1 aromatic carbocycles. The number of carbonyl (C=O) groups excluding carboxylic acids is 1. The molecule has 8 heteroatoms. The minimum absolute atomic E-state index is 0.0747. The number of aromatic nitrogens is 4. The fourth-order valence-corrected chi connectivity index (χ4v) is 4.32. The Bertz CT molecular complexity index is 1080. The Hall–Kier alpha value is -2.58. The molecule has 0 spiro atoms. The van der Waals surface area contributed by atoms with Gasteiger partial charge in [0.1, 0.15) is 0 Å². The third-order valence-corrected chi connectivity index (χ3v) is 5.65. The molecule has 3 aromatic heterocycles. The maximum absolute atomic E-state index is 12.3. The lowest BCUT2D eigenvalue weighted by molar-refractivity contribution is 0.0954. The Balaban J connectivity index is 1.37. The van der Waals surface area contributed by atoms with Crippen molar-refractivity contribution in [2.45, 2.75) is 20.3 Å². The SMILES string of the molecule is Cc1cc(C)n(-c2nc(CCNC(=O)c3ccc4ncsc4c3)cs2)n1. The van der Waals surface area contributed by atoms with E-state index in [1.807, 2.05) is 42.1 Å². The zero-order chi connectivity index (χ0) is 18.1. The van der Waals surface area contributed by atoms with Crippen molar-refractivity contribution in [2.75, 3.05) is 6.54 Å². The van der Waals surface area contributed by atoms with Gasteiger partial charge < -0.3 is 5.32 Å². The van der Waals surface area contributed by atoms with Crippen molar-refractivity contribution in [3.63, 3.8) is 0 Å². The van der Waals surface area contributed by atoms with Gasteiger partial charge in [0.05, 0.1) is 27.1 Å². The minimum Gasteiger partial charge on any atom is -0.352 e. The summed E-state index contributed by atoms with van der Waals surface area (Å²) < 4.78 is 2.87. The molecule has 0 atom stereocenters. The van der Waals surface area contributed by atoms with Gasteiger partial charge in [0, 0.05) is 29.6 Å². The Morgan fingerprint density at radius 2 is 2.12 bits per heavy atom. The molecule has 0 saturated heterocycles. The summed E-state index contributed by atoms with van der Waals surface area (Å²) in [4.78, 5) is 21.2. The van der Waals surface area contributed by atoms with E-state index in [-0.39, 0.29) is 5.91 Å². The minimum atomic E-state index is -0.0747. The van der Waals surface area contributed by atoms with E-state index in [4.69, 9.17) is 0 Å². The molecule has 0 saturated carbocycles. The van der Waals surface area contributed by atoms with Crippen LogP contribution in [-0.4, -0.2) is 32.2 Å². The predicted octanol–water partition coefficient (Wildman–Crippen LogP) is 3.53. The van der Waals surface area contributed by atoms with Crippen molar-refractivity contribution in [3.8, 4) is 5.13 Å². The molecule has 132 valence electrons. The van der Waals surface area contributed by atoms with E-state index in [0.29, 0.717) is 18.5 Å². The van der Waals surface area contributed by atoms with E-state index in [1.165, 1.54) is 11.3 Å².